The van der Waals surface area contributed by atoms with Crippen molar-refractivity contribution in [2.45, 2.75) is 44.6 Å². The van der Waals surface area contributed by atoms with Crippen LogP contribution in [0.2, 0.25) is 10.0 Å². The lowest BCUT2D eigenvalue weighted by Gasteiger charge is -2.44. The van der Waals surface area contributed by atoms with Crippen LogP contribution in [0.5, 0.6) is 11.5 Å². The van der Waals surface area contributed by atoms with Crippen molar-refractivity contribution < 1.29 is 46.7 Å². The smallest absolute Gasteiger partial charge is 0.415 e. The molecule has 0 unspecified atom stereocenters. The van der Waals surface area contributed by atoms with Gasteiger partial charge < -0.3 is 18.9 Å². The van der Waals surface area contributed by atoms with E-state index < -0.39 is 30.6 Å². The van der Waals surface area contributed by atoms with Crippen LogP contribution in [0.15, 0.2) is 79.1 Å². The number of carbonyl (C=O) groups is 2. The number of hydrogen-bond acceptors (Lipinski definition) is 7. The predicted molar refractivity (Wildman–Crippen MR) is 183 cm³/mol. The van der Waals surface area contributed by atoms with E-state index in [1.165, 1.54) is 60.8 Å². The van der Waals surface area contributed by atoms with Gasteiger partial charge in [-0.1, -0.05) is 53.5 Å². The molecule has 1 N–H and O–H groups in total. The predicted octanol–water partition coefficient (Wildman–Crippen LogP) is 7.93. The molecule has 0 radical (unpaired) electrons. The number of aromatic amines is 1. The number of pyridine rings is 1. The number of carbonyl (C=O) groups excluding carboxylic acids is 2. The third-order valence-electron chi connectivity index (χ3n) is 9.13. The third-order valence-corrected chi connectivity index (χ3v) is 9.80. The van der Waals surface area contributed by atoms with Crippen LogP contribution in [0.25, 0.3) is 0 Å². The normalized spacial score (nSPS) is 18.6. The molecule has 9 nitrogen and oxygen atoms in total. The van der Waals surface area contributed by atoms with E-state index >= 15 is 4.39 Å². The number of amides is 1. The number of esters is 1. The molecule has 14 heteroatoms. The van der Waals surface area contributed by atoms with E-state index in [4.69, 9.17) is 37.4 Å². The summed E-state index contributed by atoms with van der Waals surface area (Å²) in [7, 11) is 1.29. The van der Waals surface area contributed by atoms with E-state index in [0.29, 0.717) is 23.2 Å². The molecule has 268 valence electrons. The lowest BCUT2D eigenvalue weighted by atomic mass is 9.86. The molecule has 4 heterocycles. The summed E-state index contributed by atoms with van der Waals surface area (Å²) in [6.07, 6.45) is 2.93. The zero-order valence-electron chi connectivity index (χ0n) is 27.5. The van der Waals surface area contributed by atoms with Crippen molar-refractivity contribution in [3.8, 4) is 11.5 Å². The van der Waals surface area contributed by atoms with Crippen molar-refractivity contribution in [2.75, 3.05) is 31.6 Å². The first-order valence-electron chi connectivity index (χ1n) is 16.3. The SMILES string of the molecule is COc1cc([C@H](Cc2c(Cl)c[nH+]cc2Cl)OC(=O)c2cccc(CN(C(=O)O[C@H]3CN4CCC3CC4)c3ccccc3F)c2)ccc1OC(F)F. The Hall–Kier alpha value is -4.52. The standard InChI is InChI=1S/C37H34Cl2F3N3O6/c1-48-33-16-24(9-10-31(33)50-36(41)42)32(17-26-27(38)18-43-19-28(26)39)49-35(46)25-6-4-5-22(15-25)20-45(30-8-3-2-7-29(30)40)37(47)51-34-21-44-13-11-23(34)12-14-44/h2-10,15-16,18-19,23,32,34,36H,11-14,17,20-21H2,1H3/p+1/t32-,34-/m0/s1. The highest BCUT2D eigenvalue weighted by molar-refractivity contribution is 6.35. The molecule has 4 aromatic rings. The summed E-state index contributed by atoms with van der Waals surface area (Å²) >= 11 is 12.9. The Morgan fingerprint density at radius 3 is 2.39 bits per heavy atom. The lowest BCUT2D eigenvalue weighted by Crippen LogP contribution is -2.53. The minimum Gasteiger partial charge on any atom is -0.493 e. The number of anilines is 1. The molecule has 2 atom stereocenters. The fraction of sp³-hybridized carbons (Fsp3) is 0.324. The number of nitrogens with one attached hydrogen (secondary N) is 1. The summed E-state index contributed by atoms with van der Waals surface area (Å²) in [6.45, 7) is -0.610. The number of hydrogen-bond donors (Lipinski definition) is 0. The number of H-pyrrole nitrogens is 1. The number of nitrogens with zero attached hydrogens (tertiary/aromatic N) is 2. The van der Waals surface area contributed by atoms with E-state index in [1.807, 2.05) is 0 Å². The van der Waals surface area contributed by atoms with Gasteiger partial charge in [0.25, 0.3) is 0 Å². The number of benzene rings is 3. The van der Waals surface area contributed by atoms with Crippen LogP contribution < -0.4 is 19.4 Å². The van der Waals surface area contributed by atoms with Gasteiger partial charge in [-0.15, -0.1) is 0 Å². The van der Waals surface area contributed by atoms with Crippen LogP contribution >= 0.6 is 23.2 Å². The van der Waals surface area contributed by atoms with Crippen molar-refractivity contribution in [1.82, 2.24) is 4.90 Å². The van der Waals surface area contributed by atoms with Crippen LogP contribution in [0.1, 0.15) is 46.0 Å². The van der Waals surface area contributed by atoms with Crippen LogP contribution in [0.4, 0.5) is 23.7 Å². The van der Waals surface area contributed by atoms with Crippen LogP contribution in [-0.4, -0.2) is 56.4 Å². The van der Waals surface area contributed by atoms with Gasteiger partial charge in [-0.2, -0.15) is 8.78 Å². The molecule has 51 heavy (non-hydrogen) atoms. The molecule has 3 fully saturated rings. The summed E-state index contributed by atoms with van der Waals surface area (Å²) in [5.74, 6) is -1.30. The van der Waals surface area contributed by atoms with Gasteiger partial charge in [0, 0.05) is 18.5 Å². The second-order valence-electron chi connectivity index (χ2n) is 12.3. The topological polar surface area (TPSA) is 91.7 Å². The Kier molecular flexibility index (Phi) is 11.5. The van der Waals surface area contributed by atoms with Gasteiger partial charge in [-0.25, -0.2) is 19.0 Å². The Labute approximate surface area is 302 Å². The van der Waals surface area contributed by atoms with Crippen LogP contribution in [0, 0.1) is 11.7 Å². The van der Waals surface area contributed by atoms with Gasteiger partial charge in [0.1, 0.15) is 28.1 Å². The second kappa shape index (κ2) is 16.2. The van der Waals surface area contributed by atoms with Crippen molar-refractivity contribution in [2.24, 2.45) is 5.92 Å². The number of alkyl halides is 2. The summed E-state index contributed by atoms with van der Waals surface area (Å²) in [4.78, 5) is 33.8. The minimum atomic E-state index is -3.08. The maximum absolute atomic E-state index is 15.1. The first-order chi connectivity index (χ1) is 24.6. The molecule has 1 amide bonds. The molecule has 0 saturated carbocycles. The van der Waals surface area contributed by atoms with Gasteiger partial charge in [-0.05, 0) is 79.4 Å². The van der Waals surface area contributed by atoms with E-state index in [9.17, 15) is 18.4 Å². The fourth-order valence-electron chi connectivity index (χ4n) is 6.49. The maximum Gasteiger partial charge on any atom is 0.415 e. The van der Waals surface area contributed by atoms with Crippen molar-refractivity contribution in [1.29, 1.82) is 0 Å². The molecule has 3 saturated heterocycles. The molecule has 1 aromatic heterocycles. The van der Waals surface area contributed by atoms with Gasteiger partial charge in [0.15, 0.2) is 23.9 Å². The minimum absolute atomic E-state index is 0.00667. The van der Waals surface area contributed by atoms with Crippen molar-refractivity contribution >= 4 is 41.0 Å². The Morgan fingerprint density at radius 2 is 1.73 bits per heavy atom. The summed E-state index contributed by atoms with van der Waals surface area (Å²) in [6, 6.07) is 16.5. The first kappa shape index (κ1) is 36.3. The number of methoxy groups -OCH3 is 1. The van der Waals surface area contributed by atoms with Gasteiger partial charge in [0.2, 0.25) is 0 Å². The summed E-state index contributed by atoms with van der Waals surface area (Å²) in [5, 5.41) is 0.571. The molecule has 7 rings (SSSR count). The highest BCUT2D eigenvalue weighted by atomic mass is 35.5. The molecular formula is C37H35Cl2F3N3O6+. The average Bonchev–Trinajstić information content (AvgIpc) is 3.12. The number of aromatic nitrogens is 1. The highest BCUT2D eigenvalue weighted by Gasteiger charge is 2.38. The fourth-order valence-corrected chi connectivity index (χ4v) is 7.03. The molecule has 3 aliphatic heterocycles. The monoisotopic (exact) mass is 744 g/mol. The van der Waals surface area contributed by atoms with E-state index in [2.05, 4.69) is 14.6 Å². The summed E-state index contributed by atoms with van der Waals surface area (Å²) in [5.41, 5.74) is 1.55. The maximum atomic E-state index is 15.1. The molecule has 0 spiro atoms. The van der Waals surface area contributed by atoms with Crippen molar-refractivity contribution in [3.05, 3.63) is 117 Å². The quantitative estimate of drug-likeness (QED) is 0.136. The molecule has 3 aromatic carbocycles. The number of para-hydroxylation sites is 1. The number of halogens is 5. The Bertz CT molecular complexity index is 1860. The number of rotatable bonds is 12. The Balaban J connectivity index is 1.26. The molecule has 0 aliphatic carbocycles. The average molecular weight is 746 g/mol. The second-order valence-corrected chi connectivity index (χ2v) is 13.1. The molecule has 2 bridgehead atoms. The van der Waals surface area contributed by atoms with E-state index in [-0.39, 0.29) is 57.8 Å². The van der Waals surface area contributed by atoms with Crippen LogP contribution in [-0.2, 0) is 22.4 Å². The van der Waals surface area contributed by atoms with Gasteiger partial charge in [-0.3, -0.25) is 9.80 Å². The number of ether oxygens (including phenoxy) is 4. The van der Waals surface area contributed by atoms with E-state index in [1.54, 1.807) is 30.3 Å². The molecular weight excluding hydrogens is 710 g/mol. The van der Waals surface area contributed by atoms with Crippen molar-refractivity contribution in [3.63, 3.8) is 0 Å². The molecule has 3 aliphatic rings. The van der Waals surface area contributed by atoms with E-state index in [0.717, 1.165) is 25.9 Å². The lowest BCUT2D eigenvalue weighted by molar-refractivity contribution is -0.377. The van der Waals surface area contributed by atoms with Gasteiger partial charge >= 0.3 is 18.7 Å². The third kappa shape index (κ3) is 8.69. The zero-order valence-corrected chi connectivity index (χ0v) is 29.0. The van der Waals surface area contributed by atoms with Crippen LogP contribution in [0.3, 0.4) is 0 Å². The Morgan fingerprint density at radius 1 is 0.980 bits per heavy atom. The largest absolute Gasteiger partial charge is 0.493 e. The summed E-state index contributed by atoms with van der Waals surface area (Å²) < 4.78 is 63.0. The zero-order chi connectivity index (χ0) is 36.1. The highest BCUT2D eigenvalue weighted by Crippen LogP contribution is 2.36. The number of piperidine rings is 3. The first-order valence-corrected chi connectivity index (χ1v) is 17.1. The van der Waals surface area contributed by atoms with Gasteiger partial charge in [0.05, 0.1) is 24.9 Å². The number of fused-ring (bicyclic) bond motifs is 3.